The highest BCUT2D eigenvalue weighted by molar-refractivity contribution is 8.06. The van der Waals surface area contributed by atoms with Crippen molar-refractivity contribution in [2.24, 2.45) is 0 Å². The maximum Gasteiger partial charge on any atom is 0.595 e. The lowest BCUT2D eigenvalue weighted by atomic mass is 9.90. The monoisotopic (exact) mass is 1710 g/mol. The van der Waals surface area contributed by atoms with Crippen molar-refractivity contribution in [2.45, 2.75) is 261 Å². The minimum atomic E-state index is -0.896. The first-order valence-electron chi connectivity index (χ1n) is 40.1. The van der Waals surface area contributed by atoms with Gasteiger partial charge < -0.3 is 56.5 Å². The zero-order chi connectivity index (χ0) is 85.8. The first-order chi connectivity index (χ1) is 53.8. The largest absolute Gasteiger partial charge is 0.595 e. The predicted molar refractivity (Wildman–Crippen MR) is 517 cm³/mol. The molecule has 0 atom stereocenters. The fourth-order valence-corrected chi connectivity index (χ4v) is 26.1. The third kappa shape index (κ3) is 22.2. The Hall–Kier alpha value is -5.02. The third-order valence-corrected chi connectivity index (χ3v) is 34.3. The van der Waals surface area contributed by atoms with E-state index in [1.165, 1.54) is 42.4 Å². The quantitative estimate of drug-likeness (QED) is 0.0522. The van der Waals surface area contributed by atoms with E-state index in [-0.39, 0.29) is 22.2 Å². The van der Waals surface area contributed by atoms with Crippen molar-refractivity contribution in [2.75, 3.05) is 0 Å². The molecule has 0 amide bonds. The van der Waals surface area contributed by atoms with Gasteiger partial charge in [0, 0.05) is 53.8 Å². The van der Waals surface area contributed by atoms with E-state index in [1.807, 2.05) is 48.5 Å². The smallest absolute Gasteiger partial charge is 0.384 e. The average molecular weight is 1710 g/mol. The molecule has 8 aromatic rings. The van der Waals surface area contributed by atoms with Crippen molar-refractivity contribution in [1.82, 2.24) is 19.2 Å². The molecule has 0 spiro atoms. The van der Waals surface area contributed by atoms with E-state index in [4.69, 9.17) is 86.1 Å². The molecule has 0 saturated carbocycles. The van der Waals surface area contributed by atoms with Crippen LogP contribution in [0.25, 0.3) is 0 Å². The SMILES string of the molecule is CC(C)(C)N(B1OC(C)(C)C(C)(C)O1)C(=S)P(c1ccccc1)c1ccccc1.CC(C)(C)N(B1OC(C)(C)C(C)(C)O1)C(=S)P(c1ccccc1)c1ccccc1.CC(C)(C)N(B1OC(C)(C)C(C)(C)O1)C(=S)P(c1ccccc1)c1ccccc1.CC(C)(C)N(B1OC(C)(C)C(C)(C)O1)C(=S)P(c1ccccc1)c1ccccc1. The lowest BCUT2D eigenvalue weighted by Gasteiger charge is -2.41. The number of hydrogen-bond acceptors (Lipinski definition) is 12. The van der Waals surface area contributed by atoms with Crippen LogP contribution in [0, 0.1) is 0 Å². The van der Waals surface area contributed by atoms with E-state index < -0.39 is 106 Å². The van der Waals surface area contributed by atoms with Crippen molar-refractivity contribution in [3.8, 4) is 0 Å². The summed E-state index contributed by atoms with van der Waals surface area (Å²) in [5.41, 5.74) is -4.39. The van der Waals surface area contributed by atoms with Crippen LogP contribution >= 0.6 is 80.6 Å². The molecule has 4 saturated heterocycles. The summed E-state index contributed by atoms with van der Waals surface area (Å²) in [7, 11) is -5.68. The Bertz CT molecular complexity index is 3770. The van der Waals surface area contributed by atoms with Gasteiger partial charge in [0.1, 0.15) is 18.9 Å². The highest BCUT2D eigenvalue weighted by atomic mass is 32.1. The van der Waals surface area contributed by atoms with Crippen LogP contribution in [0.15, 0.2) is 243 Å². The summed E-state index contributed by atoms with van der Waals surface area (Å²) in [4.78, 5) is 8.63. The summed E-state index contributed by atoms with van der Waals surface area (Å²) < 4.78 is 54.8. The molecule has 12 nitrogen and oxygen atoms in total. The van der Waals surface area contributed by atoms with Crippen LogP contribution in [-0.2, 0) is 37.2 Å². The number of rotatable bonds is 16. The zero-order valence-corrected chi connectivity index (χ0v) is 80.7. The lowest BCUT2D eigenvalue weighted by Crippen LogP contribution is -2.55. The van der Waals surface area contributed by atoms with Crippen molar-refractivity contribution in [3.05, 3.63) is 243 Å². The second-order valence-electron chi connectivity index (χ2n) is 37.6. The van der Waals surface area contributed by atoms with E-state index in [1.54, 1.807) is 0 Å². The van der Waals surface area contributed by atoms with E-state index >= 15 is 0 Å². The Kier molecular flexibility index (Phi) is 30.5. The second kappa shape index (κ2) is 37.4. The topological polar surface area (TPSA) is 86.8 Å². The Labute approximate surface area is 725 Å². The first kappa shape index (κ1) is 94.8. The summed E-state index contributed by atoms with van der Waals surface area (Å²) in [5, 5.41) is 9.81. The van der Waals surface area contributed by atoms with Crippen molar-refractivity contribution < 1.29 is 37.2 Å². The van der Waals surface area contributed by atoms with Gasteiger partial charge in [-0.3, -0.25) is 0 Å². The van der Waals surface area contributed by atoms with Gasteiger partial charge in [0.25, 0.3) is 0 Å². The van der Waals surface area contributed by atoms with Gasteiger partial charge in [-0.2, -0.15) is 0 Å². The molecule has 0 bridgehead atoms. The van der Waals surface area contributed by atoms with Gasteiger partial charge >= 0.3 is 29.0 Å². The maximum absolute atomic E-state index is 6.42. The van der Waals surface area contributed by atoms with E-state index in [0.717, 1.165) is 18.9 Å². The summed E-state index contributed by atoms with van der Waals surface area (Å²) in [6.45, 7) is 59.2. The molecule has 0 radical (unpaired) electrons. The Morgan fingerprint density at radius 2 is 0.302 bits per heavy atom. The number of nitrogens with zero attached hydrogens (tertiary/aromatic N) is 4. The highest BCUT2D eigenvalue weighted by Gasteiger charge is 2.61. The van der Waals surface area contributed by atoms with Gasteiger partial charge in [-0.1, -0.05) is 292 Å². The number of benzene rings is 8. The molecule has 4 aliphatic rings. The van der Waals surface area contributed by atoms with Crippen molar-refractivity contribution >= 4 is 171 Å². The van der Waals surface area contributed by atoms with Crippen LogP contribution in [0.2, 0.25) is 0 Å². The molecule has 0 unspecified atom stereocenters. The Morgan fingerprint density at radius 1 is 0.207 bits per heavy atom. The minimum absolute atomic E-state index is 0.262. The van der Waals surface area contributed by atoms with Crippen LogP contribution < -0.4 is 42.4 Å². The molecule has 0 aromatic heterocycles. The lowest BCUT2D eigenvalue weighted by molar-refractivity contribution is 0.00578. The van der Waals surface area contributed by atoms with Crippen LogP contribution in [-0.4, -0.2) is 134 Å². The molecule has 4 heterocycles. The summed E-state index contributed by atoms with van der Waals surface area (Å²) >= 11 is 24.8. The summed E-state index contributed by atoms with van der Waals surface area (Å²) in [6, 6.07) is 84.2. The molecule has 0 aliphatic carbocycles. The first-order valence-corrected chi connectivity index (χ1v) is 47.1. The van der Waals surface area contributed by atoms with Gasteiger partial charge in [0.2, 0.25) is 0 Å². The molecular weight excluding hydrogens is 1580 g/mol. The number of hydrogen-bond donors (Lipinski definition) is 0. The fourth-order valence-electron chi connectivity index (χ4n) is 13.0. The van der Waals surface area contributed by atoms with Crippen molar-refractivity contribution in [3.63, 3.8) is 0 Å². The van der Waals surface area contributed by atoms with E-state index in [0.29, 0.717) is 0 Å². The van der Waals surface area contributed by atoms with E-state index in [9.17, 15) is 0 Å². The third-order valence-electron chi connectivity index (χ3n) is 22.4. The maximum atomic E-state index is 6.42. The molecule has 8 aromatic carbocycles. The highest BCUT2D eigenvalue weighted by Crippen LogP contribution is 2.50. The van der Waals surface area contributed by atoms with Gasteiger partial charge in [0.05, 0.1) is 44.8 Å². The molecule has 12 rings (SSSR count). The van der Waals surface area contributed by atoms with Crippen molar-refractivity contribution in [1.29, 1.82) is 0 Å². The normalized spacial score (nSPS) is 18.1. The molecule has 24 heteroatoms. The van der Waals surface area contributed by atoms with Gasteiger partial charge in [0.15, 0.2) is 0 Å². The van der Waals surface area contributed by atoms with Crippen LogP contribution in [0.4, 0.5) is 0 Å². The standard InChI is InChI=1S/4C23H31BNO2PS/c4*1-21(2,3)25(24-26-22(4,5)23(6,7)27-24)20(29)28(18-14-10-8-11-15-18)19-16-12-9-13-17-19/h4*8-17H,1-7H3. The molecule has 116 heavy (non-hydrogen) atoms. The summed E-state index contributed by atoms with van der Waals surface area (Å²) in [5.74, 6) is 0. The minimum Gasteiger partial charge on any atom is -0.384 e. The van der Waals surface area contributed by atoms with Gasteiger partial charge in [-0.25, -0.2) is 0 Å². The van der Waals surface area contributed by atoms with Crippen LogP contribution in [0.3, 0.4) is 0 Å². The molecular formula is C92H124B4N4O8P4S4. The predicted octanol–water partition coefficient (Wildman–Crippen LogP) is 20.4. The molecule has 4 aliphatic heterocycles. The average Bonchev–Trinajstić information content (AvgIpc) is 1.59. The Morgan fingerprint density at radius 3 is 0.388 bits per heavy atom. The molecule has 616 valence electrons. The molecule has 0 N–H and O–H groups in total. The zero-order valence-electron chi connectivity index (χ0n) is 73.9. The summed E-state index contributed by atoms with van der Waals surface area (Å²) in [6.07, 6.45) is 0. The second-order valence-corrected chi connectivity index (χ2v) is 48.8. The fraction of sp³-hybridized carbons (Fsp3) is 0.435. The Balaban J connectivity index is 0.000000177. The van der Waals surface area contributed by atoms with Crippen LogP contribution in [0.1, 0.15) is 194 Å². The van der Waals surface area contributed by atoms with Gasteiger partial charge in [-0.15, -0.1) is 0 Å². The van der Waals surface area contributed by atoms with E-state index in [2.05, 4.69) is 407 Å². The number of thiocarbonyl (C=S) groups is 4. The van der Waals surface area contributed by atoms with Gasteiger partial charge in [-0.05, 0) is 236 Å². The molecule has 4 fully saturated rings. The van der Waals surface area contributed by atoms with Crippen LogP contribution in [0.5, 0.6) is 0 Å².